The molecule has 0 atom stereocenters. The summed E-state index contributed by atoms with van der Waals surface area (Å²) in [4.78, 5) is 14.1. The van der Waals surface area contributed by atoms with Gasteiger partial charge in [-0.2, -0.15) is 0 Å². The van der Waals surface area contributed by atoms with Gasteiger partial charge in [-0.3, -0.25) is 0 Å². The summed E-state index contributed by atoms with van der Waals surface area (Å²) in [5.74, 6) is 3.48. The number of ether oxygens (including phenoxy) is 2. The van der Waals surface area contributed by atoms with E-state index < -0.39 is 0 Å². The lowest BCUT2D eigenvalue weighted by atomic mass is 9.99. The lowest BCUT2D eigenvalue weighted by Gasteiger charge is -2.38. The number of aryl methyl sites for hydroxylation is 1. The minimum atomic E-state index is -0.329. The zero-order valence-electron chi connectivity index (χ0n) is 14.8. The van der Waals surface area contributed by atoms with Gasteiger partial charge in [0.15, 0.2) is 5.79 Å². The summed E-state index contributed by atoms with van der Waals surface area (Å²) in [7, 11) is 0. The Balaban J connectivity index is 1.47. The highest BCUT2D eigenvalue weighted by molar-refractivity contribution is 5.51. The Bertz CT molecular complexity index is 570. The molecule has 0 aromatic carbocycles. The number of piperidine rings is 2. The maximum Gasteiger partial charge on any atom is 0.171 e. The molecule has 0 amide bonds. The Kier molecular flexibility index (Phi) is 4.35. The largest absolute Gasteiger partial charge is 0.356 e. The first-order chi connectivity index (χ1) is 11.6. The van der Waals surface area contributed by atoms with Crippen molar-refractivity contribution in [3.63, 3.8) is 0 Å². The first-order valence-corrected chi connectivity index (χ1v) is 9.27. The molecule has 24 heavy (non-hydrogen) atoms. The van der Waals surface area contributed by atoms with Crippen molar-refractivity contribution in [3.8, 4) is 0 Å². The van der Waals surface area contributed by atoms with E-state index in [1.54, 1.807) is 0 Å². The van der Waals surface area contributed by atoms with Crippen molar-refractivity contribution in [1.29, 1.82) is 0 Å². The van der Waals surface area contributed by atoms with E-state index >= 15 is 0 Å². The number of rotatable bonds is 2. The van der Waals surface area contributed by atoms with Gasteiger partial charge >= 0.3 is 0 Å². The Hall–Kier alpha value is -1.40. The summed E-state index contributed by atoms with van der Waals surface area (Å²) in [5.41, 5.74) is 0. The van der Waals surface area contributed by atoms with E-state index in [4.69, 9.17) is 9.47 Å². The molecule has 3 aliphatic rings. The van der Waals surface area contributed by atoms with Gasteiger partial charge in [0, 0.05) is 45.1 Å². The fraction of sp³-hybridized carbons (Fsp3) is 0.778. The van der Waals surface area contributed by atoms with Gasteiger partial charge in [-0.15, -0.1) is 0 Å². The third kappa shape index (κ3) is 3.22. The van der Waals surface area contributed by atoms with Crippen LogP contribution in [0, 0.1) is 12.8 Å². The van der Waals surface area contributed by atoms with Gasteiger partial charge in [-0.05, 0) is 25.7 Å². The average Bonchev–Trinajstić information content (AvgIpc) is 3.04. The van der Waals surface area contributed by atoms with E-state index in [2.05, 4.69) is 32.8 Å². The molecular weight excluding hydrogens is 304 g/mol. The van der Waals surface area contributed by atoms with E-state index in [0.29, 0.717) is 0 Å². The second kappa shape index (κ2) is 6.48. The molecule has 0 saturated carbocycles. The Morgan fingerprint density at radius 2 is 1.50 bits per heavy atom. The van der Waals surface area contributed by atoms with Crippen LogP contribution < -0.4 is 9.80 Å². The zero-order valence-corrected chi connectivity index (χ0v) is 14.8. The monoisotopic (exact) mass is 332 g/mol. The summed E-state index contributed by atoms with van der Waals surface area (Å²) >= 11 is 0. The van der Waals surface area contributed by atoms with E-state index in [0.717, 1.165) is 75.6 Å². The van der Waals surface area contributed by atoms with Gasteiger partial charge in [-0.1, -0.05) is 6.92 Å². The van der Waals surface area contributed by atoms with Gasteiger partial charge in [0.2, 0.25) is 0 Å². The topological polar surface area (TPSA) is 50.7 Å². The molecule has 4 rings (SSSR count). The summed E-state index contributed by atoms with van der Waals surface area (Å²) < 4.78 is 11.7. The molecule has 1 aromatic rings. The van der Waals surface area contributed by atoms with E-state index in [1.807, 2.05) is 6.92 Å². The first kappa shape index (κ1) is 16.1. The molecule has 0 bridgehead atoms. The fourth-order valence-corrected chi connectivity index (χ4v) is 3.96. The zero-order chi connectivity index (χ0) is 16.6. The van der Waals surface area contributed by atoms with Crippen LogP contribution in [0.4, 0.5) is 11.6 Å². The third-order valence-electron chi connectivity index (χ3n) is 5.58. The van der Waals surface area contributed by atoms with Gasteiger partial charge < -0.3 is 19.3 Å². The van der Waals surface area contributed by atoms with Crippen LogP contribution in [-0.2, 0) is 9.47 Å². The van der Waals surface area contributed by atoms with Crippen LogP contribution in [0.25, 0.3) is 0 Å². The number of nitrogens with zero attached hydrogens (tertiary/aromatic N) is 4. The Labute approximate surface area is 144 Å². The lowest BCUT2D eigenvalue weighted by Crippen LogP contribution is -2.45. The van der Waals surface area contributed by atoms with Gasteiger partial charge in [0.25, 0.3) is 0 Å². The van der Waals surface area contributed by atoms with Crippen molar-refractivity contribution >= 4 is 11.6 Å². The second-order valence-corrected chi connectivity index (χ2v) is 7.40. The lowest BCUT2D eigenvalue weighted by molar-refractivity contribution is -0.169. The van der Waals surface area contributed by atoms with E-state index in [-0.39, 0.29) is 5.79 Å². The predicted molar refractivity (Wildman–Crippen MR) is 93.5 cm³/mol. The predicted octanol–water partition coefficient (Wildman–Crippen LogP) is 2.36. The molecule has 3 fully saturated rings. The van der Waals surface area contributed by atoms with Crippen molar-refractivity contribution in [3.05, 3.63) is 11.9 Å². The fourth-order valence-electron chi connectivity index (χ4n) is 3.96. The number of anilines is 2. The van der Waals surface area contributed by atoms with Crippen LogP contribution in [0.15, 0.2) is 6.07 Å². The SMILES string of the molecule is Cc1nc(N2CCC(C)CC2)cc(N2CCC3(CC2)OCCO3)n1. The normalized spacial score (nSPS) is 24.8. The van der Waals surface area contributed by atoms with Crippen molar-refractivity contribution < 1.29 is 9.47 Å². The van der Waals surface area contributed by atoms with Gasteiger partial charge in [0.1, 0.15) is 17.5 Å². The first-order valence-electron chi connectivity index (χ1n) is 9.27. The summed E-state index contributed by atoms with van der Waals surface area (Å²) in [5, 5.41) is 0. The van der Waals surface area contributed by atoms with Crippen LogP contribution in [-0.4, -0.2) is 55.1 Å². The minimum Gasteiger partial charge on any atom is -0.356 e. The number of hydrogen-bond donors (Lipinski definition) is 0. The standard InChI is InChI=1S/C18H28N4O2/c1-14-3-7-21(8-4-14)16-13-17(20-15(2)19-16)22-9-5-18(6-10-22)23-11-12-24-18/h13-14H,3-12H2,1-2H3. The summed E-state index contributed by atoms with van der Waals surface area (Å²) in [6.45, 7) is 9.83. The molecule has 6 nitrogen and oxygen atoms in total. The summed E-state index contributed by atoms with van der Waals surface area (Å²) in [6, 6.07) is 2.16. The molecule has 0 unspecified atom stereocenters. The molecule has 132 valence electrons. The van der Waals surface area contributed by atoms with Gasteiger partial charge in [-0.25, -0.2) is 9.97 Å². The van der Waals surface area contributed by atoms with Crippen molar-refractivity contribution in [2.24, 2.45) is 5.92 Å². The Morgan fingerprint density at radius 3 is 2.08 bits per heavy atom. The molecule has 3 saturated heterocycles. The highest BCUT2D eigenvalue weighted by Gasteiger charge is 2.40. The van der Waals surface area contributed by atoms with Crippen LogP contribution in [0.1, 0.15) is 38.4 Å². The maximum atomic E-state index is 5.83. The molecule has 0 N–H and O–H groups in total. The van der Waals surface area contributed by atoms with Gasteiger partial charge in [0.05, 0.1) is 13.2 Å². The van der Waals surface area contributed by atoms with E-state index in [1.165, 1.54) is 12.8 Å². The molecule has 0 aliphatic carbocycles. The summed E-state index contributed by atoms with van der Waals surface area (Å²) in [6.07, 6.45) is 4.32. The van der Waals surface area contributed by atoms with Crippen molar-refractivity contribution in [2.75, 3.05) is 49.2 Å². The number of hydrogen-bond acceptors (Lipinski definition) is 6. The average molecular weight is 332 g/mol. The smallest absolute Gasteiger partial charge is 0.171 e. The molecular formula is C18H28N4O2. The molecule has 1 spiro atoms. The van der Waals surface area contributed by atoms with Crippen LogP contribution in [0.2, 0.25) is 0 Å². The van der Waals surface area contributed by atoms with E-state index in [9.17, 15) is 0 Å². The second-order valence-electron chi connectivity index (χ2n) is 7.40. The van der Waals surface area contributed by atoms with Crippen LogP contribution >= 0.6 is 0 Å². The van der Waals surface area contributed by atoms with Crippen molar-refractivity contribution in [1.82, 2.24) is 9.97 Å². The molecule has 3 aliphatic heterocycles. The third-order valence-corrected chi connectivity index (χ3v) is 5.58. The maximum absolute atomic E-state index is 5.83. The number of aromatic nitrogens is 2. The quantitative estimate of drug-likeness (QED) is 0.829. The highest BCUT2D eigenvalue weighted by atomic mass is 16.7. The van der Waals surface area contributed by atoms with Crippen LogP contribution in [0.3, 0.4) is 0 Å². The molecule has 6 heteroatoms. The minimum absolute atomic E-state index is 0.329. The van der Waals surface area contributed by atoms with Crippen molar-refractivity contribution in [2.45, 2.75) is 45.3 Å². The molecule has 0 radical (unpaired) electrons. The Morgan fingerprint density at radius 1 is 0.958 bits per heavy atom. The molecule has 1 aromatic heterocycles. The van der Waals surface area contributed by atoms with Crippen LogP contribution in [0.5, 0.6) is 0 Å². The molecule has 4 heterocycles. The highest BCUT2D eigenvalue weighted by Crippen LogP contribution is 2.33.